The van der Waals surface area contributed by atoms with Gasteiger partial charge >= 0.3 is 11.8 Å². The average molecular weight is 306 g/mol. The van der Waals surface area contributed by atoms with Gasteiger partial charge in [0.2, 0.25) is 0 Å². The normalized spacial score (nSPS) is 17.5. The van der Waals surface area contributed by atoms with Crippen molar-refractivity contribution in [3.63, 3.8) is 0 Å². The topological polar surface area (TPSA) is 49.4 Å². The van der Waals surface area contributed by atoms with Crippen LogP contribution < -0.4 is 5.32 Å². The summed E-state index contributed by atoms with van der Waals surface area (Å²) in [7, 11) is 1.72. The minimum atomic E-state index is -0.544. The maximum atomic E-state index is 12.2. The molecule has 5 heteroatoms. The van der Waals surface area contributed by atoms with Crippen molar-refractivity contribution in [1.29, 1.82) is 0 Å². The van der Waals surface area contributed by atoms with Crippen molar-refractivity contribution in [1.82, 2.24) is 4.90 Å². The molecule has 1 heterocycles. The lowest BCUT2D eigenvalue weighted by molar-refractivity contribution is -0.143. The summed E-state index contributed by atoms with van der Waals surface area (Å²) in [6.07, 6.45) is 2.85. The van der Waals surface area contributed by atoms with Gasteiger partial charge in [-0.05, 0) is 30.2 Å². The van der Waals surface area contributed by atoms with E-state index in [0.717, 1.165) is 42.0 Å². The van der Waals surface area contributed by atoms with E-state index in [1.807, 2.05) is 36.0 Å². The van der Waals surface area contributed by atoms with Crippen LogP contribution in [0.15, 0.2) is 24.3 Å². The Balaban J connectivity index is 2.02. The second kappa shape index (κ2) is 7.50. The molecule has 2 rings (SSSR count). The molecule has 0 unspecified atom stereocenters. The highest BCUT2D eigenvalue weighted by molar-refractivity contribution is 7.99. The lowest BCUT2D eigenvalue weighted by Crippen LogP contribution is -2.43. The number of aryl methyl sites for hydroxylation is 1. The monoisotopic (exact) mass is 306 g/mol. The van der Waals surface area contributed by atoms with Crippen molar-refractivity contribution in [3.8, 4) is 0 Å². The molecule has 1 atom stereocenters. The smallest absolute Gasteiger partial charge is 0.313 e. The summed E-state index contributed by atoms with van der Waals surface area (Å²) in [5.74, 6) is 0.984. The molecule has 0 aliphatic carbocycles. The van der Waals surface area contributed by atoms with Gasteiger partial charge in [0, 0.05) is 24.5 Å². The third-order valence-electron chi connectivity index (χ3n) is 3.75. The van der Waals surface area contributed by atoms with E-state index in [9.17, 15) is 9.59 Å². The number of anilines is 1. The number of carbonyl (C=O) groups excluding carboxylic acids is 2. The van der Waals surface area contributed by atoms with E-state index in [2.05, 4.69) is 12.2 Å². The summed E-state index contributed by atoms with van der Waals surface area (Å²) in [4.78, 5) is 25.9. The fourth-order valence-corrected chi connectivity index (χ4v) is 3.73. The summed E-state index contributed by atoms with van der Waals surface area (Å²) in [5.41, 5.74) is 1.81. The van der Waals surface area contributed by atoms with Gasteiger partial charge in [-0.15, -0.1) is 0 Å². The molecule has 1 saturated heterocycles. The van der Waals surface area contributed by atoms with Crippen LogP contribution in [-0.2, 0) is 16.0 Å². The Labute approximate surface area is 130 Å². The quantitative estimate of drug-likeness (QED) is 0.870. The minimum absolute atomic E-state index is 0.180. The number of amides is 2. The molecule has 1 aromatic rings. The van der Waals surface area contributed by atoms with Crippen molar-refractivity contribution in [2.75, 3.05) is 23.9 Å². The number of nitrogens with zero attached hydrogens (tertiary/aromatic N) is 1. The van der Waals surface area contributed by atoms with Crippen LogP contribution in [0.5, 0.6) is 0 Å². The summed E-state index contributed by atoms with van der Waals surface area (Å²) in [5, 5.41) is 2.76. The Morgan fingerprint density at radius 2 is 2.14 bits per heavy atom. The Bertz CT molecular complexity index is 513. The average Bonchev–Trinajstić information content (AvgIpc) is 3.02. The molecule has 1 aliphatic rings. The predicted octanol–water partition coefficient (Wildman–Crippen LogP) is 2.54. The van der Waals surface area contributed by atoms with Crippen LogP contribution in [0.25, 0.3) is 0 Å². The first-order valence-corrected chi connectivity index (χ1v) is 8.52. The molecule has 0 spiro atoms. The largest absolute Gasteiger partial charge is 0.334 e. The Kier molecular flexibility index (Phi) is 5.67. The molecule has 21 heavy (non-hydrogen) atoms. The first-order valence-electron chi connectivity index (χ1n) is 7.37. The van der Waals surface area contributed by atoms with Gasteiger partial charge in [0.25, 0.3) is 0 Å². The van der Waals surface area contributed by atoms with Gasteiger partial charge in [-0.3, -0.25) is 9.59 Å². The second-order valence-corrected chi connectivity index (χ2v) is 6.44. The van der Waals surface area contributed by atoms with E-state index in [1.54, 1.807) is 11.9 Å². The number of para-hydroxylation sites is 1. The molecule has 0 aromatic heterocycles. The van der Waals surface area contributed by atoms with Gasteiger partial charge in [-0.1, -0.05) is 31.5 Å². The Morgan fingerprint density at radius 3 is 2.81 bits per heavy atom. The first kappa shape index (κ1) is 15.9. The third kappa shape index (κ3) is 4.00. The number of nitrogens with one attached hydrogen (secondary N) is 1. The molecule has 1 aromatic carbocycles. The molecule has 114 valence electrons. The molecular formula is C16H22N2O2S. The highest BCUT2D eigenvalue weighted by Gasteiger charge is 2.28. The summed E-state index contributed by atoms with van der Waals surface area (Å²) >= 11 is 1.83. The molecular weight excluding hydrogens is 284 g/mol. The van der Waals surface area contributed by atoms with Gasteiger partial charge in [0.15, 0.2) is 0 Å². The molecule has 2 amide bonds. The van der Waals surface area contributed by atoms with Gasteiger partial charge < -0.3 is 10.2 Å². The lowest BCUT2D eigenvalue weighted by atomic mass is 10.1. The van der Waals surface area contributed by atoms with E-state index in [1.165, 1.54) is 0 Å². The number of hydrogen-bond acceptors (Lipinski definition) is 3. The molecule has 1 N–H and O–H groups in total. The van der Waals surface area contributed by atoms with Gasteiger partial charge in [-0.2, -0.15) is 11.8 Å². The Morgan fingerprint density at radius 1 is 1.38 bits per heavy atom. The van der Waals surface area contributed by atoms with Crippen molar-refractivity contribution >= 4 is 29.3 Å². The number of rotatable bonds is 4. The second-order valence-electron chi connectivity index (χ2n) is 5.29. The fraction of sp³-hybridized carbons (Fsp3) is 0.500. The number of thioether (sulfide) groups is 1. The van der Waals surface area contributed by atoms with Gasteiger partial charge in [0.05, 0.1) is 0 Å². The standard InChI is InChI=1S/C16H22N2O2S/c1-3-6-12-7-4-5-8-14(12)17-15(19)16(20)18(2)13-9-10-21-11-13/h4-5,7-8,13H,3,6,9-11H2,1-2H3,(H,17,19)/t13-/m1/s1. The minimum Gasteiger partial charge on any atom is -0.334 e. The van der Waals surface area contributed by atoms with Crippen LogP contribution in [-0.4, -0.2) is 41.3 Å². The van der Waals surface area contributed by atoms with Crippen LogP contribution >= 0.6 is 11.8 Å². The van der Waals surface area contributed by atoms with E-state index >= 15 is 0 Å². The van der Waals surface area contributed by atoms with Crippen LogP contribution in [0.1, 0.15) is 25.3 Å². The highest BCUT2D eigenvalue weighted by Crippen LogP contribution is 2.22. The van der Waals surface area contributed by atoms with E-state index < -0.39 is 11.8 Å². The van der Waals surface area contributed by atoms with Crippen LogP contribution in [0.2, 0.25) is 0 Å². The summed E-state index contributed by atoms with van der Waals surface area (Å²) in [6.45, 7) is 2.09. The van der Waals surface area contributed by atoms with Crippen molar-refractivity contribution < 1.29 is 9.59 Å². The van der Waals surface area contributed by atoms with Gasteiger partial charge in [-0.25, -0.2) is 0 Å². The maximum Gasteiger partial charge on any atom is 0.313 e. The molecule has 0 radical (unpaired) electrons. The zero-order valence-electron chi connectivity index (χ0n) is 12.6. The fourth-order valence-electron chi connectivity index (χ4n) is 2.46. The van der Waals surface area contributed by atoms with Crippen molar-refractivity contribution in [3.05, 3.63) is 29.8 Å². The molecule has 1 aliphatic heterocycles. The molecule has 0 bridgehead atoms. The van der Waals surface area contributed by atoms with Crippen LogP contribution in [0, 0.1) is 0 Å². The molecule has 1 fully saturated rings. The third-order valence-corrected chi connectivity index (χ3v) is 4.90. The number of carbonyl (C=O) groups is 2. The van der Waals surface area contributed by atoms with Crippen molar-refractivity contribution in [2.24, 2.45) is 0 Å². The predicted molar refractivity (Wildman–Crippen MR) is 87.6 cm³/mol. The zero-order valence-corrected chi connectivity index (χ0v) is 13.4. The SMILES string of the molecule is CCCc1ccccc1NC(=O)C(=O)N(C)[C@@H]1CCSC1. The molecule has 0 saturated carbocycles. The van der Waals surface area contributed by atoms with E-state index in [-0.39, 0.29) is 6.04 Å². The van der Waals surface area contributed by atoms with E-state index in [4.69, 9.17) is 0 Å². The maximum absolute atomic E-state index is 12.2. The Hall–Kier alpha value is -1.49. The van der Waals surface area contributed by atoms with E-state index in [0.29, 0.717) is 0 Å². The van der Waals surface area contributed by atoms with Crippen molar-refractivity contribution in [2.45, 2.75) is 32.2 Å². The van der Waals surface area contributed by atoms with Gasteiger partial charge in [0.1, 0.15) is 0 Å². The number of hydrogen-bond donors (Lipinski definition) is 1. The highest BCUT2D eigenvalue weighted by atomic mass is 32.2. The number of likely N-dealkylation sites (N-methyl/N-ethyl adjacent to an activating group) is 1. The summed E-state index contributed by atoms with van der Waals surface area (Å²) in [6, 6.07) is 7.84. The van der Waals surface area contributed by atoms with Crippen LogP contribution in [0.4, 0.5) is 5.69 Å². The number of benzene rings is 1. The summed E-state index contributed by atoms with van der Waals surface area (Å²) < 4.78 is 0. The van der Waals surface area contributed by atoms with Crippen LogP contribution in [0.3, 0.4) is 0 Å². The lowest BCUT2D eigenvalue weighted by Gasteiger charge is -2.23. The zero-order chi connectivity index (χ0) is 15.2. The molecule has 4 nitrogen and oxygen atoms in total. The first-order chi connectivity index (χ1) is 10.1.